The molecule has 2 rings (SSSR count). The van der Waals surface area contributed by atoms with Gasteiger partial charge in [-0.25, -0.2) is 0 Å². The van der Waals surface area contributed by atoms with Gasteiger partial charge >= 0.3 is 0 Å². The van der Waals surface area contributed by atoms with Crippen molar-refractivity contribution in [1.29, 1.82) is 0 Å². The van der Waals surface area contributed by atoms with Gasteiger partial charge in [0.05, 0.1) is 13.2 Å². The molecule has 4 heteroatoms. The summed E-state index contributed by atoms with van der Waals surface area (Å²) < 4.78 is 6.09. The van der Waals surface area contributed by atoms with Crippen molar-refractivity contribution >= 4 is 11.8 Å². The van der Waals surface area contributed by atoms with E-state index in [2.05, 4.69) is 42.7 Å². The molecule has 2 atom stereocenters. The Morgan fingerprint density at radius 3 is 2.94 bits per heavy atom. The first-order valence-electron chi connectivity index (χ1n) is 7.28. The zero-order valence-corrected chi connectivity index (χ0v) is 12.9. The Labute approximate surface area is 116 Å². The van der Waals surface area contributed by atoms with Gasteiger partial charge in [0.25, 0.3) is 0 Å². The summed E-state index contributed by atoms with van der Waals surface area (Å²) in [4.78, 5) is 2.64. The molecule has 0 aromatic carbocycles. The molecule has 0 spiro atoms. The molecule has 2 heterocycles. The van der Waals surface area contributed by atoms with Crippen LogP contribution in [-0.2, 0) is 4.74 Å². The summed E-state index contributed by atoms with van der Waals surface area (Å²) in [5.41, 5.74) is 0. The van der Waals surface area contributed by atoms with Crippen LogP contribution in [0.3, 0.4) is 0 Å². The van der Waals surface area contributed by atoms with Crippen molar-refractivity contribution in [3.8, 4) is 0 Å². The van der Waals surface area contributed by atoms with E-state index in [9.17, 15) is 0 Å². The molecule has 0 aromatic heterocycles. The first-order chi connectivity index (χ1) is 8.61. The van der Waals surface area contributed by atoms with E-state index in [1.54, 1.807) is 0 Å². The summed E-state index contributed by atoms with van der Waals surface area (Å²) in [6.07, 6.45) is 1.20. The molecule has 0 aliphatic carbocycles. The van der Waals surface area contributed by atoms with Crippen molar-refractivity contribution in [2.75, 3.05) is 45.1 Å². The minimum Gasteiger partial charge on any atom is -0.379 e. The Hall–Kier alpha value is 0.230. The van der Waals surface area contributed by atoms with Crippen molar-refractivity contribution in [3.05, 3.63) is 0 Å². The third kappa shape index (κ3) is 4.12. The van der Waals surface area contributed by atoms with E-state index in [-0.39, 0.29) is 0 Å². The van der Waals surface area contributed by atoms with Crippen LogP contribution in [0.25, 0.3) is 0 Å². The Bertz CT molecular complexity index is 260. The number of rotatable bonds is 5. The van der Waals surface area contributed by atoms with Gasteiger partial charge in [-0.3, -0.25) is 0 Å². The molecule has 2 fully saturated rings. The molecular formula is C14H28N2OS. The summed E-state index contributed by atoms with van der Waals surface area (Å²) >= 11 is 2.11. The van der Waals surface area contributed by atoms with Crippen molar-refractivity contribution < 1.29 is 4.74 Å². The van der Waals surface area contributed by atoms with Gasteiger partial charge in [-0.05, 0) is 26.8 Å². The zero-order valence-electron chi connectivity index (χ0n) is 12.1. The van der Waals surface area contributed by atoms with E-state index in [0.29, 0.717) is 16.7 Å². The van der Waals surface area contributed by atoms with Crippen LogP contribution in [0, 0.1) is 5.92 Å². The lowest BCUT2D eigenvalue weighted by Crippen LogP contribution is -2.48. The molecule has 0 radical (unpaired) electrons. The van der Waals surface area contributed by atoms with Gasteiger partial charge in [-0.15, -0.1) is 0 Å². The Morgan fingerprint density at radius 1 is 1.39 bits per heavy atom. The number of nitrogens with zero attached hydrogens (tertiary/aromatic N) is 1. The molecule has 1 N–H and O–H groups in total. The molecule has 0 amide bonds. The fourth-order valence-corrected chi connectivity index (χ4v) is 4.11. The van der Waals surface area contributed by atoms with Crippen LogP contribution >= 0.6 is 11.8 Å². The van der Waals surface area contributed by atoms with Gasteiger partial charge in [0, 0.05) is 42.1 Å². The second-order valence-electron chi connectivity index (χ2n) is 6.20. The molecule has 2 saturated heterocycles. The van der Waals surface area contributed by atoms with Crippen LogP contribution in [0.2, 0.25) is 0 Å². The van der Waals surface area contributed by atoms with Crippen molar-refractivity contribution in [2.24, 2.45) is 5.92 Å². The number of hydrogen-bond acceptors (Lipinski definition) is 4. The summed E-state index contributed by atoms with van der Waals surface area (Å²) in [5, 5.41) is 3.63. The van der Waals surface area contributed by atoms with Gasteiger partial charge in [-0.2, -0.15) is 11.8 Å². The largest absolute Gasteiger partial charge is 0.379 e. The van der Waals surface area contributed by atoms with E-state index in [0.717, 1.165) is 19.8 Å². The van der Waals surface area contributed by atoms with Crippen LogP contribution in [-0.4, -0.2) is 60.8 Å². The van der Waals surface area contributed by atoms with Gasteiger partial charge in [0.1, 0.15) is 0 Å². The number of thioether (sulfide) groups is 1. The SMILES string of the molecule is CCCNC1COCC1CN1CCSC(C)(C)C1. The lowest BCUT2D eigenvalue weighted by atomic mass is 10.0. The highest BCUT2D eigenvalue weighted by atomic mass is 32.2. The highest BCUT2D eigenvalue weighted by Crippen LogP contribution is 2.30. The van der Waals surface area contributed by atoms with Gasteiger partial charge in [0.2, 0.25) is 0 Å². The molecule has 106 valence electrons. The average molecular weight is 272 g/mol. The van der Waals surface area contributed by atoms with Gasteiger partial charge in [0.15, 0.2) is 0 Å². The van der Waals surface area contributed by atoms with E-state index in [1.807, 2.05) is 0 Å². The lowest BCUT2D eigenvalue weighted by molar-refractivity contribution is 0.164. The Kier molecular flexibility index (Phi) is 5.36. The third-order valence-electron chi connectivity index (χ3n) is 3.85. The minimum atomic E-state index is 0.421. The molecule has 2 aliphatic rings. The molecule has 0 saturated carbocycles. The molecule has 0 bridgehead atoms. The quantitative estimate of drug-likeness (QED) is 0.825. The summed E-state index contributed by atoms with van der Waals surface area (Å²) in [7, 11) is 0. The maximum absolute atomic E-state index is 5.67. The summed E-state index contributed by atoms with van der Waals surface area (Å²) in [6, 6.07) is 0.572. The zero-order chi connectivity index (χ0) is 13.0. The average Bonchev–Trinajstić information content (AvgIpc) is 2.72. The fraction of sp³-hybridized carbons (Fsp3) is 1.00. The molecule has 2 aliphatic heterocycles. The second kappa shape index (κ2) is 6.60. The summed E-state index contributed by atoms with van der Waals surface area (Å²) in [6.45, 7) is 13.6. The molecule has 0 aromatic rings. The number of ether oxygens (including phenoxy) is 1. The van der Waals surface area contributed by atoms with Gasteiger partial charge < -0.3 is 15.0 Å². The van der Waals surface area contributed by atoms with Gasteiger partial charge in [-0.1, -0.05) is 6.92 Å². The topological polar surface area (TPSA) is 24.5 Å². The van der Waals surface area contributed by atoms with Crippen molar-refractivity contribution in [2.45, 2.75) is 38.0 Å². The maximum Gasteiger partial charge on any atom is 0.0623 e. The normalized spacial score (nSPS) is 32.8. The molecule has 3 nitrogen and oxygen atoms in total. The minimum absolute atomic E-state index is 0.421. The maximum atomic E-state index is 5.67. The molecule has 2 unspecified atom stereocenters. The van der Waals surface area contributed by atoms with E-state index < -0.39 is 0 Å². The van der Waals surface area contributed by atoms with E-state index >= 15 is 0 Å². The standard InChI is InChI=1S/C14H28N2OS/c1-4-5-15-13-10-17-9-12(13)8-16-6-7-18-14(2,3)11-16/h12-13,15H,4-11H2,1-3H3. The number of nitrogens with one attached hydrogen (secondary N) is 1. The summed E-state index contributed by atoms with van der Waals surface area (Å²) in [5.74, 6) is 1.95. The predicted octanol–water partition coefficient (Wildman–Crippen LogP) is 1.83. The van der Waals surface area contributed by atoms with Crippen LogP contribution in [0.4, 0.5) is 0 Å². The van der Waals surface area contributed by atoms with Crippen molar-refractivity contribution in [1.82, 2.24) is 10.2 Å². The van der Waals surface area contributed by atoms with E-state index in [4.69, 9.17) is 4.74 Å². The van der Waals surface area contributed by atoms with Crippen LogP contribution in [0.15, 0.2) is 0 Å². The fourth-order valence-electron chi connectivity index (χ4n) is 2.94. The third-order valence-corrected chi connectivity index (χ3v) is 5.15. The smallest absolute Gasteiger partial charge is 0.0623 e. The van der Waals surface area contributed by atoms with Crippen LogP contribution in [0.5, 0.6) is 0 Å². The number of hydrogen-bond donors (Lipinski definition) is 1. The monoisotopic (exact) mass is 272 g/mol. The predicted molar refractivity (Wildman–Crippen MR) is 79.4 cm³/mol. The first-order valence-corrected chi connectivity index (χ1v) is 8.27. The first kappa shape index (κ1) is 14.6. The Morgan fingerprint density at radius 2 is 2.22 bits per heavy atom. The van der Waals surface area contributed by atoms with E-state index in [1.165, 1.54) is 31.8 Å². The highest BCUT2D eigenvalue weighted by Gasteiger charge is 2.33. The molecule has 18 heavy (non-hydrogen) atoms. The molecular weight excluding hydrogens is 244 g/mol. The van der Waals surface area contributed by atoms with Crippen LogP contribution in [0.1, 0.15) is 27.2 Å². The highest BCUT2D eigenvalue weighted by molar-refractivity contribution is 8.00. The Balaban J connectivity index is 1.80. The lowest BCUT2D eigenvalue weighted by Gasteiger charge is -2.39. The van der Waals surface area contributed by atoms with Crippen LogP contribution < -0.4 is 5.32 Å². The van der Waals surface area contributed by atoms with Crippen molar-refractivity contribution in [3.63, 3.8) is 0 Å². The second-order valence-corrected chi connectivity index (χ2v) is 8.00.